The van der Waals surface area contributed by atoms with Crippen LogP contribution in [0.2, 0.25) is 5.02 Å². The molecule has 3 rings (SSSR count). The number of anilines is 2. The van der Waals surface area contributed by atoms with Crippen LogP contribution in [-0.4, -0.2) is 44.5 Å². The van der Waals surface area contributed by atoms with Crippen LogP contribution < -0.4 is 16.4 Å². The highest BCUT2D eigenvalue weighted by molar-refractivity contribution is 6.30. The van der Waals surface area contributed by atoms with E-state index in [1.807, 2.05) is 26.0 Å². The molecular weight excluding hydrogens is 524 g/mol. The van der Waals surface area contributed by atoms with Crippen molar-refractivity contribution in [2.75, 3.05) is 11.1 Å². The predicted molar refractivity (Wildman–Crippen MR) is 149 cm³/mol. The minimum atomic E-state index is -1.84. The van der Waals surface area contributed by atoms with Crippen molar-refractivity contribution in [3.8, 4) is 0 Å². The van der Waals surface area contributed by atoms with Crippen molar-refractivity contribution in [2.24, 2.45) is 0 Å². The van der Waals surface area contributed by atoms with Crippen LogP contribution >= 0.6 is 11.6 Å². The minimum Gasteiger partial charge on any atom is -0.480 e. The third kappa shape index (κ3) is 5.44. The van der Waals surface area contributed by atoms with Crippen LogP contribution in [0.15, 0.2) is 23.8 Å². The Morgan fingerprint density at radius 2 is 1.95 bits per heavy atom. The number of nitrogens with zero attached hydrogens (tertiary/aromatic N) is 2. The van der Waals surface area contributed by atoms with Gasteiger partial charge in [0.2, 0.25) is 11.8 Å². The Hall–Kier alpha value is -3.99. The summed E-state index contributed by atoms with van der Waals surface area (Å²) < 4.78 is 5.04. The number of fused-ring (bicyclic) bond motifs is 1. The number of hydrogen-bond donors (Lipinski definition) is 5. The van der Waals surface area contributed by atoms with E-state index in [0.29, 0.717) is 11.4 Å². The topological polar surface area (TPSA) is 180 Å². The van der Waals surface area contributed by atoms with Gasteiger partial charge in [-0.15, -0.1) is 0 Å². The molecular formula is C27H33ClN6O5. The summed E-state index contributed by atoms with van der Waals surface area (Å²) in [5.41, 5.74) is 6.57. The van der Waals surface area contributed by atoms with Crippen molar-refractivity contribution in [1.82, 2.24) is 15.3 Å². The van der Waals surface area contributed by atoms with Crippen molar-refractivity contribution in [3.05, 3.63) is 51.3 Å². The molecule has 2 heterocycles. The van der Waals surface area contributed by atoms with E-state index in [2.05, 4.69) is 34.4 Å². The second-order valence-corrected chi connectivity index (χ2v) is 10.8. The number of nitrogens with one attached hydrogen (secondary N) is 3. The van der Waals surface area contributed by atoms with E-state index >= 15 is 0 Å². The first kappa shape index (κ1) is 29.6. The van der Waals surface area contributed by atoms with Gasteiger partial charge in [0.05, 0.1) is 5.56 Å². The maximum atomic E-state index is 13.1. The molecule has 0 radical (unpaired) electrons. The lowest BCUT2D eigenvalue weighted by molar-refractivity contribution is -0.143. The third-order valence-corrected chi connectivity index (χ3v) is 7.04. The van der Waals surface area contributed by atoms with Crippen LogP contribution in [-0.2, 0) is 19.7 Å². The predicted octanol–water partition coefficient (Wildman–Crippen LogP) is 4.84. The number of carbonyl (C=O) groups is 3. The van der Waals surface area contributed by atoms with E-state index in [1.165, 1.54) is 20.8 Å². The Balaban J connectivity index is 2.09. The number of alkyl carbamates (subject to hydrolysis) is 1. The van der Waals surface area contributed by atoms with Crippen LogP contribution in [0.3, 0.4) is 0 Å². The highest BCUT2D eigenvalue weighted by atomic mass is 35.5. The fourth-order valence-corrected chi connectivity index (χ4v) is 4.40. The van der Waals surface area contributed by atoms with E-state index in [-0.39, 0.29) is 28.9 Å². The number of benzene rings is 1. The number of ether oxygens (including phenoxy) is 1. The van der Waals surface area contributed by atoms with E-state index < -0.39 is 34.8 Å². The van der Waals surface area contributed by atoms with Crippen LogP contribution in [0, 0.1) is 5.41 Å². The van der Waals surface area contributed by atoms with Crippen LogP contribution in [0.5, 0.6) is 0 Å². The number of aliphatic carboxylic acids is 1. The molecule has 0 spiro atoms. The van der Waals surface area contributed by atoms with Crippen LogP contribution in [0.1, 0.15) is 83.3 Å². The summed E-state index contributed by atoms with van der Waals surface area (Å²) >= 11 is 6.29. The molecule has 12 heteroatoms. The number of hydrogen-bond acceptors (Lipinski definition) is 8. The Labute approximate surface area is 231 Å². The fourth-order valence-electron chi connectivity index (χ4n) is 4.22. The first-order valence-electron chi connectivity index (χ1n) is 12.4. The van der Waals surface area contributed by atoms with Gasteiger partial charge in [0.1, 0.15) is 17.2 Å². The van der Waals surface area contributed by atoms with Gasteiger partial charge in [0.15, 0.2) is 11.2 Å². The maximum Gasteiger partial charge on any atom is 0.414 e. The van der Waals surface area contributed by atoms with Gasteiger partial charge in [-0.1, -0.05) is 44.0 Å². The normalized spacial score (nSPS) is 17.3. The third-order valence-electron chi connectivity index (χ3n) is 6.81. The van der Waals surface area contributed by atoms with Gasteiger partial charge in [-0.05, 0) is 63.3 Å². The summed E-state index contributed by atoms with van der Waals surface area (Å²) in [6.07, 6.45) is -0.515. The monoisotopic (exact) mass is 556 g/mol. The van der Waals surface area contributed by atoms with Gasteiger partial charge in [-0.3, -0.25) is 10.2 Å². The molecule has 208 valence electrons. The molecule has 11 nitrogen and oxygen atoms in total. The molecule has 1 aromatic carbocycles. The van der Waals surface area contributed by atoms with Crippen molar-refractivity contribution >= 4 is 52.7 Å². The van der Waals surface area contributed by atoms with Gasteiger partial charge in [0, 0.05) is 10.6 Å². The summed E-state index contributed by atoms with van der Waals surface area (Å²) in [5, 5.41) is 23.1. The molecule has 39 heavy (non-hydrogen) atoms. The van der Waals surface area contributed by atoms with Gasteiger partial charge in [-0.25, -0.2) is 19.6 Å². The van der Waals surface area contributed by atoms with E-state index in [9.17, 15) is 19.5 Å². The van der Waals surface area contributed by atoms with E-state index in [4.69, 9.17) is 27.5 Å². The Morgan fingerprint density at radius 1 is 1.31 bits per heavy atom. The molecule has 0 bridgehead atoms. The largest absolute Gasteiger partial charge is 0.480 e. The summed E-state index contributed by atoms with van der Waals surface area (Å²) in [4.78, 5) is 46.0. The zero-order chi connectivity index (χ0) is 29.4. The molecule has 0 fully saturated rings. The first-order valence-corrected chi connectivity index (χ1v) is 12.7. The van der Waals surface area contributed by atoms with Crippen molar-refractivity contribution in [3.63, 3.8) is 0 Å². The number of carbonyl (C=O) groups excluding carboxylic acids is 2. The summed E-state index contributed by atoms with van der Waals surface area (Å²) in [5.74, 6) is -2.32. The smallest absolute Gasteiger partial charge is 0.414 e. The van der Waals surface area contributed by atoms with Gasteiger partial charge in [0.25, 0.3) is 0 Å². The lowest BCUT2D eigenvalue weighted by Gasteiger charge is -2.25. The molecule has 0 aliphatic carbocycles. The quantitative estimate of drug-likeness (QED) is 0.237. The molecule has 2 amide bonds. The Bertz CT molecular complexity index is 1420. The minimum absolute atomic E-state index is 0.0723. The number of rotatable bonds is 7. The molecule has 1 aliphatic rings. The highest BCUT2D eigenvalue weighted by Crippen LogP contribution is 2.43. The average Bonchev–Trinajstić information content (AvgIpc) is 3.10. The van der Waals surface area contributed by atoms with Crippen molar-refractivity contribution in [1.29, 1.82) is 5.41 Å². The summed E-state index contributed by atoms with van der Waals surface area (Å²) in [6, 6.07) is 5.59. The number of halogens is 1. The molecule has 1 aliphatic heterocycles. The molecule has 1 atom stereocenters. The van der Waals surface area contributed by atoms with Crippen LogP contribution in [0.25, 0.3) is 5.57 Å². The Kier molecular flexibility index (Phi) is 8.07. The number of nitrogen functional groups attached to an aromatic ring is 1. The number of carboxylic acid groups (broad SMARTS) is 1. The lowest BCUT2D eigenvalue weighted by Crippen LogP contribution is -2.51. The molecule has 6 N–H and O–H groups in total. The first-order chi connectivity index (χ1) is 18.0. The zero-order valence-electron chi connectivity index (χ0n) is 22.9. The SMILES string of the molecule is CC/C(C)=C(\c1nc(N)c2c(n1)NC(=O)C2(C)C(=N)OC(=O)NC(C)(C)C(=O)O)c1ccc(Cl)cc1C(C)C. The van der Waals surface area contributed by atoms with Gasteiger partial charge >= 0.3 is 12.1 Å². The second-order valence-electron chi connectivity index (χ2n) is 10.4. The number of aromatic nitrogens is 2. The fraction of sp³-hybridized carbons (Fsp3) is 0.407. The maximum absolute atomic E-state index is 13.1. The molecule has 0 saturated heterocycles. The van der Waals surface area contributed by atoms with Gasteiger partial charge in [-0.2, -0.15) is 0 Å². The Morgan fingerprint density at radius 3 is 2.51 bits per heavy atom. The number of nitrogens with two attached hydrogens (primary N) is 1. The molecule has 1 unspecified atom stereocenters. The van der Waals surface area contributed by atoms with Crippen LogP contribution in [0.4, 0.5) is 16.4 Å². The number of amides is 2. The highest BCUT2D eigenvalue weighted by Gasteiger charge is 2.52. The summed E-state index contributed by atoms with van der Waals surface area (Å²) in [6.45, 7) is 11.9. The number of allylic oxidation sites excluding steroid dienone is 1. The van der Waals surface area contributed by atoms with E-state index in [1.54, 1.807) is 6.07 Å². The van der Waals surface area contributed by atoms with E-state index in [0.717, 1.165) is 22.3 Å². The van der Waals surface area contributed by atoms with Crippen molar-refractivity contribution < 1.29 is 24.2 Å². The molecule has 2 aromatic rings. The summed E-state index contributed by atoms with van der Waals surface area (Å²) in [7, 11) is 0. The standard InChI is InChI=1S/C27H33ClN6O5/c1-8-13(4)17(15-10-9-14(28)11-16(15)12(2)3)20-31-19(29)18-21(32-20)33-23(35)27(18,7)22(30)39-25(38)34-26(5,6)24(36)37/h9-12,30H,8H2,1-7H3,(H,34,38)(H,36,37)(H3,29,31,32,33,35)/b17-13-,30-22?. The van der Waals surface area contributed by atoms with Crippen molar-refractivity contribution in [2.45, 2.75) is 71.8 Å². The zero-order valence-corrected chi connectivity index (χ0v) is 23.7. The number of carboxylic acids is 1. The van der Waals surface area contributed by atoms with Gasteiger partial charge < -0.3 is 26.2 Å². The average molecular weight is 557 g/mol. The molecule has 0 saturated carbocycles. The second kappa shape index (κ2) is 10.6. The lowest BCUT2D eigenvalue weighted by atomic mass is 9.84. The molecule has 1 aromatic heterocycles.